The molecule has 0 bridgehead atoms. The lowest BCUT2D eigenvalue weighted by Crippen LogP contribution is -2.40. The number of carboxylic acid groups (broad SMARTS) is 1. The molecule has 1 rings (SSSR count). The van der Waals surface area contributed by atoms with Crippen molar-refractivity contribution >= 4 is 57.1 Å². The van der Waals surface area contributed by atoms with Crippen molar-refractivity contribution in [3.8, 4) is 5.75 Å². The Labute approximate surface area is 144 Å². The zero-order chi connectivity index (χ0) is 15.5. The maximum absolute atomic E-state index is 12.1. The van der Waals surface area contributed by atoms with Gasteiger partial charge in [-0.2, -0.15) is 0 Å². The number of carboxylic acids is 1. The van der Waals surface area contributed by atoms with Crippen LogP contribution < -0.4 is 5.32 Å². The van der Waals surface area contributed by atoms with Crippen molar-refractivity contribution in [2.24, 2.45) is 5.41 Å². The number of hydrogen-bond donors (Lipinski definition) is 3. The summed E-state index contributed by atoms with van der Waals surface area (Å²) in [6.45, 7) is 3.35. The van der Waals surface area contributed by atoms with Gasteiger partial charge in [0.25, 0.3) is 5.91 Å². The highest BCUT2D eigenvalue weighted by atomic mass is 127. The topological polar surface area (TPSA) is 86.6 Å². The number of nitrogens with one attached hydrogen (secondary N) is 1. The van der Waals surface area contributed by atoms with E-state index in [-0.39, 0.29) is 17.9 Å². The van der Waals surface area contributed by atoms with Crippen LogP contribution in [0.3, 0.4) is 0 Å². The molecular weight excluding hydrogens is 488 g/mol. The van der Waals surface area contributed by atoms with E-state index in [0.29, 0.717) is 9.99 Å². The van der Waals surface area contributed by atoms with Crippen LogP contribution in [0.5, 0.6) is 5.75 Å². The molecule has 1 atom stereocenters. The standard InChI is InChI=1S/C13H15I2NO4/c1-3-13(2,12(19)20)6-16-11(18)8-4-7(14)5-9(15)10(8)17/h4-5,17H,3,6H2,1-2H3,(H,16,18)(H,19,20). The molecule has 1 amide bonds. The van der Waals surface area contributed by atoms with Crippen LogP contribution in [0.25, 0.3) is 0 Å². The number of carbonyl (C=O) groups excluding carboxylic acids is 1. The van der Waals surface area contributed by atoms with E-state index in [1.54, 1.807) is 26.0 Å². The molecule has 1 aromatic carbocycles. The molecule has 5 nitrogen and oxygen atoms in total. The molecule has 0 heterocycles. The number of aromatic hydroxyl groups is 1. The van der Waals surface area contributed by atoms with Gasteiger partial charge in [0, 0.05) is 10.1 Å². The van der Waals surface area contributed by atoms with Crippen LogP contribution >= 0.6 is 45.2 Å². The Morgan fingerprint density at radius 1 is 1.35 bits per heavy atom. The second kappa shape index (κ2) is 6.92. The first-order valence-corrected chi connectivity index (χ1v) is 8.06. The van der Waals surface area contributed by atoms with Crippen molar-refractivity contribution in [2.45, 2.75) is 20.3 Å². The maximum atomic E-state index is 12.1. The summed E-state index contributed by atoms with van der Waals surface area (Å²) in [5.41, 5.74) is -0.856. The average Bonchev–Trinajstić information content (AvgIpc) is 2.39. The lowest BCUT2D eigenvalue weighted by molar-refractivity contribution is -0.147. The second-order valence-corrected chi connectivity index (χ2v) is 7.09. The molecule has 0 aliphatic rings. The Morgan fingerprint density at radius 3 is 2.45 bits per heavy atom. The van der Waals surface area contributed by atoms with Gasteiger partial charge in [-0.1, -0.05) is 6.92 Å². The normalized spacial score (nSPS) is 13.6. The van der Waals surface area contributed by atoms with Crippen LogP contribution in [0.2, 0.25) is 0 Å². The van der Waals surface area contributed by atoms with Gasteiger partial charge in [0.2, 0.25) is 0 Å². The molecule has 20 heavy (non-hydrogen) atoms. The van der Waals surface area contributed by atoms with Crippen molar-refractivity contribution in [3.63, 3.8) is 0 Å². The van der Waals surface area contributed by atoms with Crippen molar-refractivity contribution < 1.29 is 19.8 Å². The summed E-state index contributed by atoms with van der Waals surface area (Å²) in [4.78, 5) is 23.3. The predicted octanol–water partition coefficient (Wildman–Crippen LogP) is 2.83. The highest BCUT2D eigenvalue weighted by Gasteiger charge is 2.31. The Morgan fingerprint density at radius 2 is 1.95 bits per heavy atom. The van der Waals surface area contributed by atoms with Gasteiger partial charge in [0.15, 0.2) is 0 Å². The number of halogens is 2. The van der Waals surface area contributed by atoms with Gasteiger partial charge in [-0.25, -0.2) is 0 Å². The molecule has 1 unspecified atom stereocenters. The first-order chi connectivity index (χ1) is 9.21. The zero-order valence-electron chi connectivity index (χ0n) is 11.0. The number of phenolic OH excluding ortho intramolecular Hbond substituents is 1. The Hall–Kier alpha value is -0.580. The van der Waals surface area contributed by atoms with Crippen molar-refractivity contribution in [1.29, 1.82) is 0 Å². The molecule has 0 fully saturated rings. The molecule has 1 aromatic rings. The van der Waals surface area contributed by atoms with E-state index in [1.165, 1.54) is 0 Å². The van der Waals surface area contributed by atoms with E-state index in [2.05, 4.69) is 27.9 Å². The summed E-state index contributed by atoms with van der Waals surface area (Å²) < 4.78 is 1.41. The third-order valence-electron chi connectivity index (χ3n) is 3.21. The van der Waals surface area contributed by atoms with E-state index in [9.17, 15) is 14.7 Å². The van der Waals surface area contributed by atoms with Gasteiger partial charge in [-0.05, 0) is 70.7 Å². The van der Waals surface area contributed by atoms with Gasteiger partial charge >= 0.3 is 5.97 Å². The molecule has 0 radical (unpaired) electrons. The summed E-state index contributed by atoms with van der Waals surface area (Å²) in [5.74, 6) is -1.52. The maximum Gasteiger partial charge on any atom is 0.311 e. The SMILES string of the molecule is CCC(C)(CNC(=O)c1cc(I)cc(I)c1O)C(=O)O. The molecule has 0 saturated heterocycles. The third-order valence-corrected chi connectivity index (χ3v) is 4.65. The number of carbonyl (C=O) groups is 2. The van der Waals surface area contributed by atoms with Crippen LogP contribution in [-0.4, -0.2) is 28.6 Å². The summed E-state index contributed by atoms with van der Waals surface area (Å²) in [6, 6.07) is 3.32. The number of aliphatic carboxylic acids is 1. The first kappa shape index (κ1) is 17.5. The third kappa shape index (κ3) is 3.96. The number of hydrogen-bond acceptors (Lipinski definition) is 3. The lowest BCUT2D eigenvalue weighted by atomic mass is 9.87. The van der Waals surface area contributed by atoms with E-state index in [1.807, 2.05) is 22.6 Å². The fraction of sp³-hybridized carbons (Fsp3) is 0.385. The fourth-order valence-electron chi connectivity index (χ4n) is 1.46. The number of benzene rings is 1. The minimum absolute atomic E-state index is 0.0131. The van der Waals surface area contributed by atoms with E-state index < -0.39 is 17.3 Å². The van der Waals surface area contributed by atoms with Crippen molar-refractivity contribution in [3.05, 3.63) is 24.8 Å². The number of phenols is 1. The molecule has 0 saturated carbocycles. The number of rotatable bonds is 5. The highest BCUT2D eigenvalue weighted by molar-refractivity contribution is 14.1. The summed E-state index contributed by atoms with van der Waals surface area (Å²) in [6.07, 6.45) is 0.401. The number of amides is 1. The van der Waals surface area contributed by atoms with Crippen LogP contribution in [-0.2, 0) is 4.79 Å². The van der Waals surface area contributed by atoms with Gasteiger partial charge in [-0.3, -0.25) is 9.59 Å². The quantitative estimate of drug-likeness (QED) is 0.540. The first-order valence-electron chi connectivity index (χ1n) is 5.91. The van der Waals surface area contributed by atoms with Gasteiger partial charge in [0.05, 0.1) is 14.5 Å². The van der Waals surface area contributed by atoms with Gasteiger partial charge in [0.1, 0.15) is 5.75 Å². The lowest BCUT2D eigenvalue weighted by Gasteiger charge is -2.23. The predicted molar refractivity (Wildman–Crippen MR) is 91.9 cm³/mol. The van der Waals surface area contributed by atoms with Gasteiger partial charge in [-0.15, -0.1) is 0 Å². The smallest absolute Gasteiger partial charge is 0.311 e. The molecular formula is C13H15I2NO4. The second-order valence-electron chi connectivity index (χ2n) is 4.69. The molecule has 7 heteroatoms. The van der Waals surface area contributed by atoms with Crippen molar-refractivity contribution in [2.75, 3.05) is 6.54 Å². The zero-order valence-corrected chi connectivity index (χ0v) is 15.4. The minimum atomic E-state index is -1.01. The molecule has 0 spiro atoms. The molecule has 3 N–H and O–H groups in total. The van der Waals surface area contributed by atoms with Crippen LogP contribution in [0.1, 0.15) is 30.6 Å². The Kier molecular flexibility index (Phi) is 6.05. The molecule has 0 aromatic heterocycles. The van der Waals surface area contributed by atoms with Crippen molar-refractivity contribution in [1.82, 2.24) is 5.32 Å². The average molecular weight is 503 g/mol. The van der Waals surface area contributed by atoms with Crippen LogP contribution in [0.4, 0.5) is 0 Å². The monoisotopic (exact) mass is 503 g/mol. The molecule has 0 aliphatic heterocycles. The van der Waals surface area contributed by atoms with Crippen LogP contribution in [0, 0.1) is 12.6 Å². The Bertz CT molecular complexity index is 547. The summed E-state index contributed by atoms with van der Waals surface area (Å²) >= 11 is 4.00. The van der Waals surface area contributed by atoms with E-state index in [0.717, 1.165) is 3.57 Å². The molecule has 0 aliphatic carbocycles. The molecule has 110 valence electrons. The summed E-state index contributed by atoms with van der Waals surface area (Å²) in [7, 11) is 0. The van der Waals surface area contributed by atoms with E-state index >= 15 is 0 Å². The largest absolute Gasteiger partial charge is 0.506 e. The Balaban J connectivity index is 2.91. The van der Waals surface area contributed by atoms with Gasteiger partial charge < -0.3 is 15.5 Å². The summed E-state index contributed by atoms with van der Waals surface area (Å²) in [5, 5.41) is 21.6. The minimum Gasteiger partial charge on any atom is -0.506 e. The van der Waals surface area contributed by atoms with E-state index in [4.69, 9.17) is 5.11 Å². The van der Waals surface area contributed by atoms with Crippen LogP contribution in [0.15, 0.2) is 12.1 Å². The highest BCUT2D eigenvalue weighted by Crippen LogP contribution is 2.27. The fourth-order valence-corrected chi connectivity index (χ4v) is 3.31.